The summed E-state index contributed by atoms with van der Waals surface area (Å²) in [5.74, 6) is 0. The molecule has 0 aliphatic rings. The van der Waals surface area contributed by atoms with Gasteiger partial charge < -0.3 is 4.57 Å². The summed E-state index contributed by atoms with van der Waals surface area (Å²) in [6.45, 7) is 4.52. The Hall–Kier alpha value is -1.59. The van der Waals surface area contributed by atoms with E-state index < -0.39 is 11.9 Å². The molecule has 0 aliphatic heterocycles. The lowest BCUT2D eigenvalue weighted by molar-refractivity contribution is -0.0924. The minimum absolute atomic E-state index is 0.0164. The van der Waals surface area contributed by atoms with Crippen LogP contribution in [0.15, 0.2) is 29.5 Å². The maximum absolute atomic E-state index is 12.1. The molecule has 0 aliphatic carbocycles. The van der Waals surface area contributed by atoms with Crippen molar-refractivity contribution in [3.05, 3.63) is 35.9 Å². The predicted octanol–water partition coefficient (Wildman–Crippen LogP) is 1.71. The number of allylic oxidation sites excluding steroid dienone is 1. The fourth-order valence-corrected chi connectivity index (χ4v) is 0.848. The molecule has 0 atom stereocenters. The van der Waals surface area contributed by atoms with E-state index in [1.165, 1.54) is 4.57 Å². The normalized spacial score (nSPS) is 13.0. The molecule has 0 fully saturated rings. The molecular weight excluding hydrogens is 207 g/mol. The molecule has 1 aromatic heterocycles. The zero-order valence-corrected chi connectivity index (χ0v) is 8.34. The molecule has 0 radical (unpaired) electrons. The van der Waals surface area contributed by atoms with Crippen LogP contribution >= 0.6 is 0 Å². The van der Waals surface area contributed by atoms with Gasteiger partial charge in [-0.15, -0.1) is 0 Å². The Morgan fingerprint density at radius 1 is 1.53 bits per heavy atom. The van der Waals surface area contributed by atoms with Gasteiger partial charge in [-0.3, -0.25) is 0 Å². The average molecular weight is 217 g/mol. The molecule has 1 rings (SSSR count). The Labute approximate surface area is 84.6 Å². The molecule has 1 heterocycles. The van der Waals surface area contributed by atoms with Crippen molar-refractivity contribution in [2.75, 3.05) is 0 Å². The zero-order valence-electron chi connectivity index (χ0n) is 8.34. The highest BCUT2D eigenvalue weighted by Gasteiger charge is 2.32. The highest BCUT2D eigenvalue weighted by atomic mass is 19.4. The molecule has 0 saturated carbocycles. The first-order chi connectivity index (χ1) is 6.80. The number of halogens is 3. The second kappa shape index (κ2) is 3.88. The zero-order chi connectivity index (χ0) is 11.6. The number of rotatable bonds is 1. The van der Waals surface area contributed by atoms with E-state index in [9.17, 15) is 13.2 Å². The molecule has 82 valence electrons. The van der Waals surface area contributed by atoms with Crippen molar-refractivity contribution in [2.45, 2.75) is 13.1 Å². The number of alkyl halides is 3. The number of aryl methyl sites for hydroxylation is 2. The van der Waals surface area contributed by atoms with Crippen LogP contribution in [0.25, 0.3) is 0 Å². The van der Waals surface area contributed by atoms with E-state index in [0.29, 0.717) is 5.69 Å². The van der Waals surface area contributed by atoms with E-state index >= 15 is 0 Å². The van der Waals surface area contributed by atoms with Gasteiger partial charge in [-0.05, 0) is 13.0 Å². The molecule has 0 aromatic carbocycles. The predicted molar refractivity (Wildman–Crippen MR) is 48.7 cm³/mol. The molecule has 0 amide bonds. The number of hydrogen-bond donors (Lipinski definition) is 0. The highest BCUT2D eigenvalue weighted by Crippen LogP contribution is 2.23. The van der Waals surface area contributed by atoms with Crippen LogP contribution in [0.4, 0.5) is 13.2 Å². The van der Waals surface area contributed by atoms with Gasteiger partial charge in [0, 0.05) is 18.9 Å². The molecule has 0 unspecified atom stereocenters. The van der Waals surface area contributed by atoms with Crippen molar-refractivity contribution in [1.29, 1.82) is 0 Å². The van der Waals surface area contributed by atoms with Crippen molar-refractivity contribution >= 4 is 0 Å². The van der Waals surface area contributed by atoms with Crippen molar-refractivity contribution in [2.24, 2.45) is 12.0 Å². The quantitative estimate of drug-likeness (QED) is 0.704. The third kappa shape index (κ3) is 2.93. The maximum Gasteiger partial charge on any atom is 0.432 e. The van der Waals surface area contributed by atoms with Crippen LogP contribution in [-0.2, 0) is 7.05 Å². The Morgan fingerprint density at radius 3 is 2.67 bits per heavy atom. The molecule has 15 heavy (non-hydrogen) atoms. The van der Waals surface area contributed by atoms with Crippen molar-refractivity contribution < 1.29 is 13.2 Å². The Bertz CT molecular complexity index is 443. The first-order valence-corrected chi connectivity index (χ1v) is 4.12. The van der Waals surface area contributed by atoms with Gasteiger partial charge in [0.2, 0.25) is 5.62 Å². The molecular formula is C9H10F3N3. The molecule has 0 spiro atoms. The highest BCUT2D eigenvalue weighted by molar-refractivity contribution is 5.02. The van der Waals surface area contributed by atoms with Crippen LogP contribution in [0, 0.1) is 6.92 Å². The van der Waals surface area contributed by atoms with Crippen LogP contribution in [0.3, 0.4) is 0 Å². The van der Waals surface area contributed by atoms with Crippen LogP contribution in [0.5, 0.6) is 0 Å². The van der Waals surface area contributed by atoms with Crippen molar-refractivity contribution in [1.82, 2.24) is 9.55 Å². The molecule has 0 bridgehead atoms. The lowest BCUT2D eigenvalue weighted by Crippen LogP contribution is -2.24. The first-order valence-electron chi connectivity index (χ1n) is 4.12. The summed E-state index contributed by atoms with van der Waals surface area (Å²) in [5, 5.41) is 0. The average Bonchev–Trinajstić information content (AvgIpc) is 2.09. The summed E-state index contributed by atoms with van der Waals surface area (Å²) in [7, 11) is 1.56. The van der Waals surface area contributed by atoms with Gasteiger partial charge in [0.05, 0.1) is 0 Å². The minimum Gasteiger partial charge on any atom is -0.320 e. The van der Waals surface area contributed by atoms with E-state index in [4.69, 9.17) is 0 Å². The largest absolute Gasteiger partial charge is 0.432 e. The number of nitrogens with zero attached hydrogens (tertiary/aromatic N) is 3. The maximum atomic E-state index is 12.1. The number of aromatic nitrogens is 2. The van der Waals surface area contributed by atoms with Crippen LogP contribution in [-0.4, -0.2) is 15.7 Å². The molecule has 3 nitrogen and oxygen atoms in total. The van der Waals surface area contributed by atoms with Gasteiger partial charge in [0.15, 0.2) is 0 Å². The minimum atomic E-state index is -4.52. The van der Waals surface area contributed by atoms with Crippen LogP contribution in [0.2, 0.25) is 0 Å². The van der Waals surface area contributed by atoms with E-state index in [1.54, 1.807) is 26.2 Å². The standard InChI is InChI=1S/C9H10F3N3/c1-6-4-5-15(3)8(13-6)14-7(2)9(10,11)12/h4-5H,2H2,1,3H3. The lowest BCUT2D eigenvalue weighted by atomic mass is 10.4. The van der Waals surface area contributed by atoms with Gasteiger partial charge in [-0.2, -0.15) is 13.2 Å². The summed E-state index contributed by atoms with van der Waals surface area (Å²) in [4.78, 5) is 7.18. The molecule has 0 N–H and O–H groups in total. The Kier molecular flexibility index (Phi) is 2.97. The molecule has 1 aromatic rings. The molecule has 0 saturated heterocycles. The monoisotopic (exact) mass is 217 g/mol. The Balaban J connectivity index is 3.22. The van der Waals surface area contributed by atoms with Crippen molar-refractivity contribution in [3.63, 3.8) is 0 Å². The summed E-state index contributed by atoms with van der Waals surface area (Å²) in [6, 6.07) is 1.68. The van der Waals surface area contributed by atoms with Crippen LogP contribution in [0.1, 0.15) is 5.69 Å². The van der Waals surface area contributed by atoms with E-state index in [0.717, 1.165) is 0 Å². The topological polar surface area (TPSA) is 30.2 Å². The van der Waals surface area contributed by atoms with Crippen LogP contribution < -0.4 is 5.62 Å². The van der Waals surface area contributed by atoms with Gasteiger partial charge in [0.1, 0.15) is 5.70 Å². The van der Waals surface area contributed by atoms with E-state index in [1.807, 2.05) is 0 Å². The van der Waals surface area contributed by atoms with Gasteiger partial charge in [0.25, 0.3) is 0 Å². The summed E-state index contributed by atoms with van der Waals surface area (Å²) in [6.07, 6.45) is -2.93. The third-order valence-corrected chi connectivity index (χ3v) is 1.69. The lowest BCUT2D eigenvalue weighted by Gasteiger charge is -2.05. The second-order valence-corrected chi connectivity index (χ2v) is 3.04. The van der Waals surface area contributed by atoms with Gasteiger partial charge in [-0.1, -0.05) is 6.58 Å². The summed E-state index contributed by atoms with van der Waals surface area (Å²) in [5.41, 5.74) is -0.574. The fourth-order valence-electron chi connectivity index (χ4n) is 0.848. The summed E-state index contributed by atoms with van der Waals surface area (Å²) < 4.78 is 37.8. The van der Waals surface area contributed by atoms with E-state index in [-0.39, 0.29) is 5.62 Å². The fraction of sp³-hybridized carbons (Fsp3) is 0.333. The first kappa shape index (κ1) is 11.5. The SMILES string of the molecule is C=C(N=c1nc(C)ccn1C)C(F)(F)F. The Morgan fingerprint density at radius 2 is 2.13 bits per heavy atom. The van der Waals surface area contributed by atoms with Gasteiger partial charge in [-0.25, -0.2) is 9.98 Å². The van der Waals surface area contributed by atoms with Gasteiger partial charge >= 0.3 is 6.18 Å². The second-order valence-electron chi connectivity index (χ2n) is 3.04. The van der Waals surface area contributed by atoms with Crippen molar-refractivity contribution in [3.8, 4) is 0 Å². The molecule has 6 heteroatoms. The van der Waals surface area contributed by atoms with E-state index in [2.05, 4.69) is 16.6 Å². The third-order valence-electron chi connectivity index (χ3n) is 1.69. The number of hydrogen-bond acceptors (Lipinski definition) is 2. The summed E-state index contributed by atoms with van der Waals surface area (Å²) >= 11 is 0. The smallest absolute Gasteiger partial charge is 0.320 e.